The van der Waals surface area contributed by atoms with Gasteiger partial charge in [-0.1, -0.05) is 23.2 Å². The predicted molar refractivity (Wildman–Crippen MR) is 57.4 cm³/mol. The van der Waals surface area contributed by atoms with Gasteiger partial charge in [-0.3, -0.25) is 4.99 Å². The van der Waals surface area contributed by atoms with Crippen LogP contribution in [0.3, 0.4) is 0 Å². The molecule has 5 heteroatoms. The highest BCUT2D eigenvalue weighted by molar-refractivity contribution is 6.69. The maximum absolute atomic E-state index is 5.88. The predicted octanol–water partition coefficient (Wildman–Crippen LogP) is 2.53. The zero-order chi connectivity index (χ0) is 10.0. The summed E-state index contributed by atoms with van der Waals surface area (Å²) in [4.78, 5) is 3.86. The molecule has 0 amide bonds. The summed E-state index contributed by atoms with van der Waals surface area (Å²) < 4.78 is 1.45. The van der Waals surface area contributed by atoms with Gasteiger partial charge in [-0.25, -0.2) is 4.68 Å². The summed E-state index contributed by atoms with van der Waals surface area (Å²) in [5.41, 5.74) is 1.61. The second-order valence-corrected chi connectivity index (χ2v) is 3.21. The Labute approximate surface area is 86.7 Å². The fraction of sp³-hybridized carbons (Fsp3) is 0.250. The van der Waals surface area contributed by atoms with Crippen molar-refractivity contribution >= 4 is 35.1 Å². The standard InChI is InChI=1S/C8H9Cl2N3/c1-5-4-6(9)13(12-3)7(5)8(10)11-2/h4H,3H2,1-2H3/b11-8+. The first-order chi connectivity index (χ1) is 6.11. The molecule has 1 rings (SSSR count). The van der Waals surface area contributed by atoms with Crippen LogP contribution in [0.2, 0.25) is 5.15 Å². The van der Waals surface area contributed by atoms with Crippen LogP contribution >= 0.6 is 23.2 Å². The molecule has 1 aromatic rings. The molecule has 0 aliphatic heterocycles. The molecule has 0 fully saturated rings. The molecular formula is C8H9Cl2N3. The topological polar surface area (TPSA) is 29.6 Å². The number of rotatable bonds is 2. The molecule has 0 saturated heterocycles. The lowest BCUT2D eigenvalue weighted by Gasteiger charge is -2.01. The van der Waals surface area contributed by atoms with Crippen molar-refractivity contribution in [1.82, 2.24) is 4.68 Å². The summed E-state index contributed by atoms with van der Waals surface area (Å²) in [6.07, 6.45) is 0. The van der Waals surface area contributed by atoms with Gasteiger partial charge in [-0.15, -0.1) is 0 Å². The van der Waals surface area contributed by atoms with E-state index in [2.05, 4.69) is 16.8 Å². The van der Waals surface area contributed by atoms with E-state index in [0.29, 0.717) is 16.0 Å². The van der Waals surface area contributed by atoms with Gasteiger partial charge in [0.15, 0.2) is 0 Å². The van der Waals surface area contributed by atoms with Crippen LogP contribution in [0.1, 0.15) is 11.3 Å². The van der Waals surface area contributed by atoms with E-state index in [0.717, 1.165) is 5.56 Å². The van der Waals surface area contributed by atoms with Crippen LogP contribution < -0.4 is 0 Å². The van der Waals surface area contributed by atoms with E-state index in [1.54, 1.807) is 13.1 Å². The number of hydrogen-bond donors (Lipinski definition) is 0. The third-order valence-corrected chi connectivity index (χ3v) is 2.27. The monoisotopic (exact) mass is 217 g/mol. The Morgan fingerprint density at radius 3 is 2.69 bits per heavy atom. The molecule has 0 N–H and O–H groups in total. The number of nitrogens with zero attached hydrogens (tertiary/aromatic N) is 3. The van der Waals surface area contributed by atoms with Crippen molar-refractivity contribution in [2.45, 2.75) is 6.92 Å². The van der Waals surface area contributed by atoms with Crippen molar-refractivity contribution in [2.24, 2.45) is 10.1 Å². The molecule has 0 aliphatic carbocycles. The molecule has 0 aliphatic rings. The summed E-state index contributed by atoms with van der Waals surface area (Å²) in [6, 6.07) is 1.76. The van der Waals surface area contributed by atoms with Crippen molar-refractivity contribution in [1.29, 1.82) is 0 Å². The zero-order valence-electron chi connectivity index (χ0n) is 7.38. The van der Waals surface area contributed by atoms with E-state index in [9.17, 15) is 0 Å². The van der Waals surface area contributed by atoms with Crippen LogP contribution in [0.4, 0.5) is 0 Å². The molecule has 0 saturated carbocycles. The molecule has 0 unspecified atom stereocenters. The SMILES string of the molecule is C=Nn1c(Cl)cc(C)c1/C(Cl)=N\C. The smallest absolute Gasteiger partial charge is 0.149 e. The molecular weight excluding hydrogens is 209 g/mol. The summed E-state index contributed by atoms with van der Waals surface area (Å²) in [6.45, 7) is 5.28. The first kappa shape index (κ1) is 10.3. The summed E-state index contributed by atoms with van der Waals surface area (Å²) >= 11 is 11.7. The number of aryl methyl sites for hydroxylation is 1. The van der Waals surface area contributed by atoms with Gasteiger partial charge in [-0.05, 0) is 18.6 Å². The maximum Gasteiger partial charge on any atom is 0.149 e. The van der Waals surface area contributed by atoms with Crippen LogP contribution in [-0.4, -0.2) is 23.6 Å². The molecule has 0 spiro atoms. The average molecular weight is 218 g/mol. The van der Waals surface area contributed by atoms with Gasteiger partial charge in [0.1, 0.15) is 16.0 Å². The number of aliphatic imine (C=N–C) groups is 1. The van der Waals surface area contributed by atoms with Gasteiger partial charge >= 0.3 is 0 Å². The lowest BCUT2D eigenvalue weighted by atomic mass is 10.3. The Hall–Kier alpha value is -0.800. The van der Waals surface area contributed by atoms with Crippen molar-refractivity contribution in [2.75, 3.05) is 7.05 Å². The first-order valence-corrected chi connectivity index (χ1v) is 4.35. The van der Waals surface area contributed by atoms with Gasteiger partial charge < -0.3 is 0 Å². The van der Waals surface area contributed by atoms with E-state index < -0.39 is 0 Å². The molecule has 0 atom stereocenters. The van der Waals surface area contributed by atoms with Crippen molar-refractivity contribution < 1.29 is 0 Å². The zero-order valence-corrected chi connectivity index (χ0v) is 8.89. The minimum atomic E-state index is 0.372. The Bertz CT molecular complexity index is 366. The van der Waals surface area contributed by atoms with E-state index in [1.807, 2.05) is 6.92 Å². The Kier molecular flexibility index (Phi) is 3.12. The molecule has 0 aromatic carbocycles. The highest BCUT2D eigenvalue weighted by Gasteiger charge is 2.13. The number of hydrogen-bond acceptors (Lipinski definition) is 2. The third kappa shape index (κ3) is 1.76. The molecule has 1 aromatic heterocycles. The number of halogens is 2. The van der Waals surface area contributed by atoms with E-state index in [1.165, 1.54) is 4.68 Å². The van der Waals surface area contributed by atoms with E-state index in [-0.39, 0.29) is 0 Å². The molecule has 13 heavy (non-hydrogen) atoms. The van der Waals surface area contributed by atoms with E-state index in [4.69, 9.17) is 23.2 Å². The lowest BCUT2D eigenvalue weighted by Crippen LogP contribution is -2.02. The fourth-order valence-electron chi connectivity index (χ4n) is 1.08. The maximum atomic E-state index is 5.88. The highest BCUT2D eigenvalue weighted by atomic mass is 35.5. The molecule has 0 bridgehead atoms. The van der Waals surface area contributed by atoms with Gasteiger partial charge in [0.05, 0.1) is 0 Å². The molecule has 1 heterocycles. The Morgan fingerprint density at radius 1 is 1.62 bits per heavy atom. The number of aromatic nitrogens is 1. The van der Waals surface area contributed by atoms with Crippen LogP contribution in [0, 0.1) is 6.92 Å². The second-order valence-electron chi connectivity index (χ2n) is 2.47. The van der Waals surface area contributed by atoms with Crippen LogP contribution in [0.25, 0.3) is 0 Å². The first-order valence-electron chi connectivity index (χ1n) is 3.59. The summed E-state index contributed by atoms with van der Waals surface area (Å²) in [5, 5.41) is 4.58. The normalized spacial score (nSPS) is 11.8. The molecule has 3 nitrogen and oxygen atoms in total. The van der Waals surface area contributed by atoms with Gasteiger partial charge in [0, 0.05) is 13.8 Å². The highest BCUT2D eigenvalue weighted by Crippen LogP contribution is 2.21. The Balaban J connectivity index is 3.41. The second kappa shape index (κ2) is 3.94. The quantitative estimate of drug-likeness (QED) is 0.682. The average Bonchev–Trinajstić information content (AvgIpc) is 2.39. The van der Waals surface area contributed by atoms with Crippen molar-refractivity contribution in [3.8, 4) is 0 Å². The van der Waals surface area contributed by atoms with Gasteiger partial charge in [0.25, 0.3) is 0 Å². The van der Waals surface area contributed by atoms with Crippen LogP contribution in [0.15, 0.2) is 16.2 Å². The lowest BCUT2D eigenvalue weighted by molar-refractivity contribution is 0.886. The van der Waals surface area contributed by atoms with Crippen molar-refractivity contribution in [3.05, 3.63) is 22.5 Å². The Morgan fingerprint density at radius 2 is 2.23 bits per heavy atom. The molecule has 0 radical (unpaired) electrons. The summed E-state index contributed by atoms with van der Waals surface area (Å²) in [7, 11) is 1.61. The van der Waals surface area contributed by atoms with Gasteiger partial charge in [-0.2, -0.15) is 5.10 Å². The largest absolute Gasteiger partial charge is 0.275 e. The third-order valence-electron chi connectivity index (χ3n) is 1.66. The van der Waals surface area contributed by atoms with Crippen LogP contribution in [-0.2, 0) is 0 Å². The van der Waals surface area contributed by atoms with Gasteiger partial charge in [0.2, 0.25) is 0 Å². The molecule has 70 valence electrons. The van der Waals surface area contributed by atoms with E-state index >= 15 is 0 Å². The van der Waals surface area contributed by atoms with Crippen molar-refractivity contribution in [3.63, 3.8) is 0 Å². The fourth-order valence-corrected chi connectivity index (χ4v) is 1.61. The summed E-state index contributed by atoms with van der Waals surface area (Å²) in [5.74, 6) is 0. The minimum absolute atomic E-state index is 0.372. The minimum Gasteiger partial charge on any atom is -0.275 e. The van der Waals surface area contributed by atoms with Crippen LogP contribution in [0.5, 0.6) is 0 Å².